The van der Waals surface area contributed by atoms with Gasteiger partial charge in [0.05, 0.1) is 6.54 Å². The number of carbonyl (C=O) groups is 2. The molecule has 0 aliphatic carbocycles. The van der Waals surface area contributed by atoms with E-state index in [0.29, 0.717) is 12.2 Å². The van der Waals surface area contributed by atoms with Crippen LogP contribution in [-0.2, 0) is 17.9 Å². The molecule has 7 nitrogen and oxygen atoms in total. The molecule has 2 aromatic heterocycles. The van der Waals surface area contributed by atoms with Crippen molar-refractivity contribution in [3.8, 4) is 0 Å². The van der Waals surface area contributed by atoms with E-state index in [0.717, 1.165) is 9.56 Å². The fraction of sp³-hybridized carbons (Fsp3) is 0.111. The van der Waals surface area contributed by atoms with Crippen molar-refractivity contribution in [2.45, 2.75) is 13.1 Å². The average molecular weight is 368 g/mol. The lowest BCUT2D eigenvalue weighted by Gasteiger charge is -2.08. The van der Waals surface area contributed by atoms with Crippen molar-refractivity contribution in [3.05, 3.63) is 80.9 Å². The highest BCUT2D eigenvalue weighted by Gasteiger charge is 2.12. The molecule has 0 fully saturated rings. The minimum absolute atomic E-state index is 0.0551. The van der Waals surface area contributed by atoms with Crippen LogP contribution in [0.3, 0.4) is 0 Å². The number of amides is 2. The molecule has 0 saturated carbocycles. The number of benzene rings is 1. The van der Waals surface area contributed by atoms with Crippen LogP contribution in [0.15, 0.2) is 64.8 Å². The summed E-state index contributed by atoms with van der Waals surface area (Å²) in [6, 6.07) is 15.3. The fourth-order valence-electron chi connectivity index (χ4n) is 2.19. The molecule has 8 heteroatoms. The van der Waals surface area contributed by atoms with E-state index in [9.17, 15) is 14.4 Å². The molecule has 2 N–H and O–H groups in total. The highest BCUT2D eigenvalue weighted by molar-refractivity contribution is 7.09. The number of nitrogens with one attached hydrogen (secondary N) is 2. The smallest absolute Gasteiger partial charge is 0.276 e. The Bertz CT molecular complexity index is 952. The predicted molar refractivity (Wildman–Crippen MR) is 99.1 cm³/mol. The van der Waals surface area contributed by atoms with Gasteiger partial charge in [0.2, 0.25) is 5.91 Å². The SMILES string of the molecule is O=C(Cn1nc(C(=O)Nc2ccccc2)ccc1=O)NCc1cccs1. The van der Waals surface area contributed by atoms with Crippen molar-refractivity contribution in [2.75, 3.05) is 5.32 Å². The summed E-state index contributed by atoms with van der Waals surface area (Å²) >= 11 is 1.53. The maximum atomic E-state index is 12.3. The third-order valence-electron chi connectivity index (χ3n) is 3.46. The lowest BCUT2D eigenvalue weighted by atomic mass is 10.3. The van der Waals surface area contributed by atoms with Gasteiger partial charge in [0.15, 0.2) is 0 Å². The Balaban J connectivity index is 1.66. The largest absolute Gasteiger partial charge is 0.350 e. The Kier molecular flexibility index (Phi) is 5.55. The third-order valence-corrected chi connectivity index (χ3v) is 4.34. The second kappa shape index (κ2) is 8.21. The van der Waals surface area contributed by atoms with E-state index in [2.05, 4.69) is 15.7 Å². The van der Waals surface area contributed by atoms with Crippen LogP contribution in [-0.4, -0.2) is 21.6 Å². The van der Waals surface area contributed by atoms with E-state index in [1.165, 1.54) is 23.5 Å². The van der Waals surface area contributed by atoms with Gasteiger partial charge in [-0.2, -0.15) is 5.10 Å². The highest BCUT2D eigenvalue weighted by Crippen LogP contribution is 2.08. The molecule has 3 rings (SSSR count). The van der Waals surface area contributed by atoms with Crippen LogP contribution in [0.2, 0.25) is 0 Å². The number of carbonyl (C=O) groups excluding carboxylic acids is 2. The normalized spacial score (nSPS) is 10.3. The standard InChI is InChI=1S/C18H16N4O3S/c23-16(19-11-14-7-4-10-26-14)12-22-17(24)9-8-15(21-22)18(25)20-13-5-2-1-3-6-13/h1-10H,11-12H2,(H,19,23)(H,20,25). The molecule has 3 aromatic rings. The van der Waals surface area contributed by atoms with E-state index in [-0.39, 0.29) is 18.1 Å². The number of anilines is 1. The van der Waals surface area contributed by atoms with Crippen LogP contribution in [0.25, 0.3) is 0 Å². The van der Waals surface area contributed by atoms with Crippen molar-refractivity contribution in [1.29, 1.82) is 0 Å². The van der Waals surface area contributed by atoms with Crippen molar-refractivity contribution < 1.29 is 9.59 Å². The lowest BCUT2D eigenvalue weighted by molar-refractivity contribution is -0.122. The van der Waals surface area contributed by atoms with Gasteiger partial charge in [0, 0.05) is 16.6 Å². The summed E-state index contributed by atoms with van der Waals surface area (Å²) in [6.45, 7) is 0.135. The molecule has 2 amide bonds. The number of hydrogen-bond acceptors (Lipinski definition) is 5. The van der Waals surface area contributed by atoms with Crippen molar-refractivity contribution in [1.82, 2.24) is 15.1 Å². The van der Waals surface area contributed by atoms with E-state index in [1.807, 2.05) is 23.6 Å². The van der Waals surface area contributed by atoms with Crippen LogP contribution in [0.4, 0.5) is 5.69 Å². The van der Waals surface area contributed by atoms with Crippen molar-refractivity contribution in [3.63, 3.8) is 0 Å². The maximum absolute atomic E-state index is 12.3. The Morgan fingerprint density at radius 1 is 1.04 bits per heavy atom. The van der Waals surface area contributed by atoms with Crippen LogP contribution in [0.5, 0.6) is 0 Å². The predicted octanol–water partition coefficient (Wildman–Crippen LogP) is 1.87. The molecule has 0 aliphatic heterocycles. The summed E-state index contributed by atoms with van der Waals surface area (Å²) in [5.74, 6) is -0.808. The van der Waals surface area contributed by atoms with Gasteiger partial charge in [0.25, 0.3) is 11.5 Å². The van der Waals surface area contributed by atoms with Gasteiger partial charge >= 0.3 is 0 Å². The molecule has 2 heterocycles. The number of thiophene rings is 1. The van der Waals surface area contributed by atoms with Gasteiger partial charge in [-0.3, -0.25) is 14.4 Å². The molecule has 0 bridgehead atoms. The zero-order valence-corrected chi connectivity index (χ0v) is 14.5. The molecule has 132 valence electrons. The number of hydrogen-bond donors (Lipinski definition) is 2. The average Bonchev–Trinajstić information content (AvgIpc) is 3.16. The monoisotopic (exact) mass is 368 g/mol. The quantitative estimate of drug-likeness (QED) is 0.695. The Labute approximate surface area is 153 Å². The molecular weight excluding hydrogens is 352 g/mol. The van der Waals surface area contributed by atoms with E-state index in [4.69, 9.17) is 0 Å². The second-order valence-corrected chi connectivity index (χ2v) is 6.42. The third kappa shape index (κ3) is 4.64. The van der Waals surface area contributed by atoms with Gasteiger partial charge in [-0.1, -0.05) is 24.3 Å². The minimum atomic E-state index is -0.455. The van der Waals surface area contributed by atoms with E-state index in [1.54, 1.807) is 24.3 Å². The maximum Gasteiger partial charge on any atom is 0.276 e. The van der Waals surface area contributed by atoms with Crippen molar-refractivity contribution in [2.24, 2.45) is 0 Å². The first kappa shape index (κ1) is 17.6. The first-order valence-corrected chi connectivity index (χ1v) is 8.73. The van der Waals surface area contributed by atoms with Gasteiger partial charge in [-0.15, -0.1) is 11.3 Å². The Morgan fingerprint density at radius 3 is 2.58 bits per heavy atom. The summed E-state index contributed by atoms with van der Waals surface area (Å²) in [6.07, 6.45) is 0. The van der Waals surface area contributed by atoms with Gasteiger partial charge in [-0.05, 0) is 29.6 Å². The molecule has 26 heavy (non-hydrogen) atoms. The Hall–Kier alpha value is -3.26. The molecule has 0 spiro atoms. The zero-order chi connectivity index (χ0) is 18.4. The van der Waals surface area contributed by atoms with Crippen LogP contribution < -0.4 is 16.2 Å². The molecular formula is C18H16N4O3S. The first-order valence-electron chi connectivity index (χ1n) is 7.85. The molecule has 0 saturated heterocycles. The zero-order valence-electron chi connectivity index (χ0n) is 13.7. The summed E-state index contributed by atoms with van der Waals surface area (Å²) in [7, 11) is 0. The van der Waals surface area contributed by atoms with Gasteiger partial charge < -0.3 is 10.6 Å². The molecule has 0 aliphatic rings. The lowest BCUT2D eigenvalue weighted by Crippen LogP contribution is -2.34. The van der Waals surface area contributed by atoms with E-state index >= 15 is 0 Å². The minimum Gasteiger partial charge on any atom is -0.350 e. The molecule has 0 atom stereocenters. The highest BCUT2D eigenvalue weighted by atomic mass is 32.1. The molecule has 0 radical (unpaired) electrons. The van der Waals surface area contributed by atoms with Crippen LogP contribution >= 0.6 is 11.3 Å². The van der Waals surface area contributed by atoms with E-state index < -0.39 is 11.5 Å². The van der Waals surface area contributed by atoms with Gasteiger partial charge in [-0.25, -0.2) is 4.68 Å². The second-order valence-electron chi connectivity index (χ2n) is 5.39. The summed E-state index contributed by atoms with van der Waals surface area (Å²) in [5.41, 5.74) is 0.220. The molecule has 0 unspecified atom stereocenters. The number of rotatable bonds is 6. The topological polar surface area (TPSA) is 93.1 Å². The number of nitrogens with zero attached hydrogens (tertiary/aromatic N) is 2. The first-order chi connectivity index (χ1) is 12.6. The molecule has 1 aromatic carbocycles. The van der Waals surface area contributed by atoms with Gasteiger partial charge in [0.1, 0.15) is 12.2 Å². The fourth-order valence-corrected chi connectivity index (χ4v) is 2.84. The van der Waals surface area contributed by atoms with Crippen LogP contribution in [0, 0.1) is 0 Å². The Morgan fingerprint density at radius 2 is 1.85 bits per heavy atom. The summed E-state index contributed by atoms with van der Waals surface area (Å²) in [4.78, 5) is 37.2. The number of aromatic nitrogens is 2. The number of para-hydroxylation sites is 1. The summed E-state index contributed by atoms with van der Waals surface area (Å²) in [5, 5.41) is 11.3. The summed E-state index contributed by atoms with van der Waals surface area (Å²) < 4.78 is 0.976. The van der Waals surface area contributed by atoms with Crippen molar-refractivity contribution >= 4 is 28.8 Å². The van der Waals surface area contributed by atoms with Crippen LogP contribution in [0.1, 0.15) is 15.4 Å².